The number of carbonyl (C=O) groups excluding carboxylic acids is 1. The summed E-state index contributed by atoms with van der Waals surface area (Å²) < 4.78 is 0. The normalized spacial score (nSPS) is 5.86. The van der Waals surface area contributed by atoms with Gasteiger partial charge in [-0.1, -0.05) is 6.58 Å². The van der Waals surface area contributed by atoms with E-state index in [0.717, 1.165) is 6.08 Å². The van der Waals surface area contributed by atoms with Gasteiger partial charge in [0.1, 0.15) is 0 Å². The van der Waals surface area contributed by atoms with E-state index in [1.807, 2.05) is 0 Å². The Morgan fingerprint density at radius 1 is 1.86 bits per heavy atom. The fourth-order valence-corrected chi connectivity index (χ4v) is 0.0481. The van der Waals surface area contributed by atoms with Crippen molar-refractivity contribution in [1.82, 2.24) is 0 Å². The summed E-state index contributed by atoms with van der Waals surface area (Å²) >= 11 is 0. The van der Waals surface area contributed by atoms with Gasteiger partial charge in [-0.2, -0.15) is 5.90 Å². The Morgan fingerprint density at radius 2 is 2.29 bits per heavy atom. The molecule has 0 aromatic heterocycles. The minimum atomic E-state index is -0.616. The van der Waals surface area contributed by atoms with E-state index >= 15 is 0 Å². The third-order valence-corrected chi connectivity index (χ3v) is 0.283. The standard InChI is InChI=1S/C3H5NO2.Ag/c1-2-3(5)6-4;/h2H,1,4H2;. The van der Waals surface area contributed by atoms with E-state index in [1.54, 1.807) is 0 Å². The molecule has 0 amide bonds. The van der Waals surface area contributed by atoms with Gasteiger partial charge in [0.2, 0.25) is 0 Å². The molecule has 0 aromatic carbocycles. The zero-order chi connectivity index (χ0) is 4.99. The van der Waals surface area contributed by atoms with E-state index in [0.29, 0.717) is 0 Å². The van der Waals surface area contributed by atoms with Gasteiger partial charge in [0, 0.05) is 28.5 Å². The van der Waals surface area contributed by atoms with Crippen LogP contribution in [0.1, 0.15) is 0 Å². The fourth-order valence-electron chi connectivity index (χ4n) is 0.0481. The first-order chi connectivity index (χ1) is 2.81. The molecule has 0 saturated heterocycles. The maximum absolute atomic E-state index is 9.72. The summed E-state index contributed by atoms with van der Waals surface area (Å²) in [7, 11) is 0. The zero-order valence-electron chi connectivity index (χ0n) is 3.48. The van der Waals surface area contributed by atoms with Gasteiger partial charge in [0.15, 0.2) is 0 Å². The van der Waals surface area contributed by atoms with Gasteiger partial charge in [-0.3, -0.25) is 0 Å². The Balaban J connectivity index is 0. The van der Waals surface area contributed by atoms with Crippen molar-refractivity contribution in [3.8, 4) is 0 Å². The Morgan fingerprint density at radius 3 is 2.29 bits per heavy atom. The number of hydrogen-bond acceptors (Lipinski definition) is 3. The van der Waals surface area contributed by atoms with Crippen LogP contribution in [0.2, 0.25) is 0 Å². The number of carbonyl (C=O) groups is 1. The van der Waals surface area contributed by atoms with Crippen LogP contribution in [0.3, 0.4) is 0 Å². The predicted octanol–water partition coefficient (Wildman–Crippen LogP) is -0.413. The van der Waals surface area contributed by atoms with Gasteiger partial charge in [-0.25, -0.2) is 4.79 Å². The van der Waals surface area contributed by atoms with Gasteiger partial charge in [0.25, 0.3) is 0 Å². The molecule has 0 atom stereocenters. The quantitative estimate of drug-likeness (QED) is 0.351. The second-order valence-electron chi connectivity index (χ2n) is 0.641. The molecule has 0 heterocycles. The molecule has 0 unspecified atom stereocenters. The van der Waals surface area contributed by atoms with E-state index in [4.69, 9.17) is 0 Å². The molecule has 7 heavy (non-hydrogen) atoms. The predicted molar refractivity (Wildman–Crippen MR) is 20.5 cm³/mol. The van der Waals surface area contributed by atoms with E-state index in [2.05, 4.69) is 17.3 Å². The minimum absolute atomic E-state index is 0. The van der Waals surface area contributed by atoms with Crippen molar-refractivity contribution >= 4 is 5.97 Å². The summed E-state index contributed by atoms with van der Waals surface area (Å²) in [5, 5.41) is 0. The Hall–Kier alpha value is -0.0897. The topological polar surface area (TPSA) is 52.3 Å². The summed E-state index contributed by atoms with van der Waals surface area (Å²) in [5.74, 6) is 3.75. The summed E-state index contributed by atoms with van der Waals surface area (Å²) in [6.45, 7) is 3.08. The van der Waals surface area contributed by atoms with Crippen LogP contribution in [0.5, 0.6) is 0 Å². The smallest absolute Gasteiger partial charge is 0.348 e. The third kappa shape index (κ3) is 5.91. The summed E-state index contributed by atoms with van der Waals surface area (Å²) in [6, 6.07) is 0. The van der Waals surface area contributed by atoms with Crippen LogP contribution in [0.25, 0.3) is 0 Å². The van der Waals surface area contributed by atoms with Crippen molar-refractivity contribution in [3.63, 3.8) is 0 Å². The first kappa shape index (κ1) is 10.0. The molecule has 0 aromatic rings. The first-order valence-corrected chi connectivity index (χ1v) is 1.34. The second-order valence-corrected chi connectivity index (χ2v) is 0.641. The fraction of sp³-hybridized carbons (Fsp3) is 0. The average molecular weight is 195 g/mol. The molecule has 0 saturated carbocycles. The molecule has 1 radical (unpaired) electrons. The third-order valence-electron chi connectivity index (χ3n) is 0.283. The van der Waals surface area contributed by atoms with Gasteiger partial charge >= 0.3 is 5.97 Å². The van der Waals surface area contributed by atoms with Crippen molar-refractivity contribution in [2.45, 2.75) is 0 Å². The molecule has 45 valence electrons. The Bertz CT molecular complexity index is 73.3. The van der Waals surface area contributed by atoms with Gasteiger partial charge in [-0.15, -0.1) is 0 Å². The van der Waals surface area contributed by atoms with Crippen LogP contribution in [0, 0.1) is 0 Å². The van der Waals surface area contributed by atoms with Crippen molar-refractivity contribution in [1.29, 1.82) is 0 Å². The average Bonchev–Trinajstić information content (AvgIpc) is 1.65. The van der Waals surface area contributed by atoms with Crippen molar-refractivity contribution in [3.05, 3.63) is 12.7 Å². The van der Waals surface area contributed by atoms with Crippen LogP contribution in [0.4, 0.5) is 0 Å². The van der Waals surface area contributed by atoms with Gasteiger partial charge in [-0.05, 0) is 0 Å². The molecule has 0 rings (SSSR count). The molecule has 0 fully saturated rings. The van der Waals surface area contributed by atoms with E-state index < -0.39 is 5.97 Å². The van der Waals surface area contributed by atoms with Crippen LogP contribution in [-0.4, -0.2) is 5.97 Å². The molecule has 0 spiro atoms. The van der Waals surface area contributed by atoms with E-state index in [-0.39, 0.29) is 22.4 Å². The molecule has 3 nitrogen and oxygen atoms in total. The molecule has 0 aliphatic heterocycles. The zero-order valence-corrected chi connectivity index (χ0v) is 4.96. The van der Waals surface area contributed by atoms with Crippen LogP contribution in [0.15, 0.2) is 12.7 Å². The minimum Gasteiger partial charge on any atom is -0.370 e. The molecule has 4 heteroatoms. The van der Waals surface area contributed by atoms with Crippen LogP contribution in [-0.2, 0) is 32.0 Å². The Kier molecular flexibility index (Phi) is 8.45. The molecule has 0 bridgehead atoms. The first-order valence-electron chi connectivity index (χ1n) is 1.34. The molecule has 0 aliphatic rings. The number of hydrogen-bond donors (Lipinski definition) is 1. The largest absolute Gasteiger partial charge is 0.370 e. The van der Waals surface area contributed by atoms with Crippen LogP contribution >= 0.6 is 0 Å². The van der Waals surface area contributed by atoms with Crippen molar-refractivity contribution in [2.24, 2.45) is 5.90 Å². The second kappa shape index (κ2) is 5.91. The van der Waals surface area contributed by atoms with Crippen molar-refractivity contribution in [2.75, 3.05) is 0 Å². The van der Waals surface area contributed by atoms with Crippen LogP contribution < -0.4 is 5.90 Å². The van der Waals surface area contributed by atoms with Crippen molar-refractivity contribution < 1.29 is 32.0 Å². The van der Waals surface area contributed by atoms with Gasteiger partial charge in [0.05, 0.1) is 0 Å². The molecular weight excluding hydrogens is 190 g/mol. The Labute approximate surface area is 57.0 Å². The molecule has 2 N–H and O–H groups in total. The maximum atomic E-state index is 9.72. The van der Waals surface area contributed by atoms with Gasteiger partial charge < -0.3 is 4.84 Å². The maximum Gasteiger partial charge on any atom is 0.348 e. The summed E-state index contributed by atoms with van der Waals surface area (Å²) in [6.07, 6.45) is 0.986. The monoisotopic (exact) mass is 194 g/mol. The molecular formula is C3H5AgNO2. The summed E-state index contributed by atoms with van der Waals surface area (Å²) in [4.78, 5) is 13.4. The van der Waals surface area contributed by atoms with E-state index in [9.17, 15) is 4.79 Å². The number of rotatable bonds is 1. The SMILES string of the molecule is C=CC(=O)ON.[Ag]. The van der Waals surface area contributed by atoms with E-state index in [1.165, 1.54) is 0 Å². The number of nitrogens with two attached hydrogens (primary N) is 1. The molecule has 0 aliphatic carbocycles. The summed E-state index contributed by atoms with van der Waals surface area (Å²) in [5.41, 5.74) is 0.